The van der Waals surface area contributed by atoms with E-state index >= 15 is 0 Å². The second-order valence-electron chi connectivity index (χ2n) is 4.75. The molecule has 0 fully saturated rings. The minimum absolute atomic E-state index is 0.0774. The van der Waals surface area contributed by atoms with Gasteiger partial charge in [-0.05, 0) is 30.3 Å². The Bertz CT molecular complexity index is 865. The molecule has 128 valence electrons. The Balaban J connectivity index is 2.47. The van der Waals surface area contributed by atoms with Gasteiger partial charge in [0.1, 0.15) is 17.4 Å². The minimum atomic E-state index is -4.55. The van der Waals surface area contributed by atoms with Crippen LogP contribution in [0.3, 0.4) is 0 Å². The summed E-state index contributed by atoms with van der Waals surface area (Å²) in [4.78, 5) is 9.99. The molecule has 2 aromatic rings. The summed E-state index contributed by atoms with van der Waals surface area (Å²) >= 11 is 0. The van der Waals surface area contributed by atoms with Crippen LogP contribution in [0, 0.1) is 11.6 Å². The molecule has 24 heavy (non-hydrogen) atoms. The number of carbonyl (C=O) groups is 1. The van der Waals surface area contributed by atoms with Crippen molar-refractivity contribution < 1.29 is 26.7 Å². The molecule has 9 heteroatoms. The highest BCUT2D eigenvalue weighted by atomic mass is 32.2. The van der Waals surface area contributed by atoms with Gasteiger partial charge in [-0.3, -0.25) is 9.52 Å². The Morgan fingerprint density at radius 3 is 2.29 bits per heavy atom. The summed E-state index contributed by atoms with van der Waals surface area (Å²) < 4.78 is 59.2. The number of halogens is 2. The van der Waals surface area contributed by atoms with Crippen molar-refractivity contribution in [2.24, 2.45) is 0 Å². The average molecular weight is 356 g/mol. The van der Waals surface area contributed by atoms with Gasteiger partial charge >= 0.3 is 0 Å². The Morgan fingerprint density at radius 1 is 1.12 bits per heavy atom. The number of benzene rings is 2. The number of hydrogen-bond acceptors (Lipinski definition) is 4. The number of sulfonamides is 1. The molecule has 0 aliphatic carbocycles. The van der Waals surface area contributed by atoms with Crippen molar-refractivity contribution in [3.63, 3.8) is 0 Å². The average Bonchev–Trinajstić information content (AvgIpc) is 2.46. The summed E-state index contributed by atoms with van der Waals surface area (Å²) in [5.74, 6) is -2.70. The molecule has 0 radical (unpaired) electrons. The van der Waals surface area contributed by atoms with Crippen molar-refractivity contribution in [1.29, 1.82) is 0 Å². The summed E-state index contributed by atoms with van der Waals surface area (Å²) in [7, 11) is -3.24. The lowest BCUT2D eigenvalue weighted by Crippen LogP contribution is -2.17. The lowest BCUT2D eigenvalue weighted by Gasteiger charge is -2.14. The van der Waals surface area contributed by atoms with E-state index in [9.17, 15) is 22.0 Å². The van der Waals surface area contributed by atoms with Crippen molar-refractivity contribution >= 4 is 27.3 Å². The summed E-state index contributed by atoms with van der Waals surface area (Å²) in [6.07, 6.45) is 0. The normalized spacial score (nSPS) is 11.0. The van der Waals surface area contributed by atoms with Crippen molar-refractivity contribution in [3.05, 3.63) is 48.0 Å². The number of hydrogen-bond donors (Lipinski definition) is 2. The second kappa shape index (κ2) is 6.83. The molecule has 0 aromatic heterocycles. The molecule has 1 amide bonds. The lowest BCUT2D eigenvalue weighted by atomic mass is 10.2. The quantitative estimate of drug-likeness (QED) is 0.863. The number of rotatable bonds is 5. The third kappa shape index (κ3) is 3.80. The number of nitrogens with one attached hydrogen (secondary N) is 2. The van der Waals surface area contributed by atoms with Gasteiger partial charge < -0.3 is 10.1 Å². The molecule has 2 rings (SSSR count). The van der Waals surface area contributed by atoms with Gasteiger partial charge in [-0.25, -0.2) is 17.2 Å². The highest BCUT2D eigenvalue weighted by molar-refractivity contribution is 7.92. The fourth-order valence-corrected chi connectivity index (χ4v) is 3.20. The maximum Gasteiger partial charge on any atom is 0.267 e. The Kier molecular flexibility index (Phi) is 5.03. The van der Waals surface area contributed by atoms with E-state index in [1.165, 1.54) is 32.2 Å². The summed E-state index contributed by atoms with van der Waals surface area (Å²) in [5.41, 5.74) is 0.210. The Labute approximate surface area is 137 Å². The highest BCUT2D eigenvalue weighted by Gasteiger charge is 2.25. The summed E-state index contributed by atoms with van der Waals surface area (Å²) in [6, 6.07) is 6.89. The molecule has 0 saturated heterocycles. The maximum absolute atomic E-state index is 13.7. The van der Waals surface area contributed by atoms with Crippen LogP contribution in [0.5, 0.6) is 5.75 Å². The molecule has 0 spiro atoms. The predicted octanol–water partition coefficient (Wildman–Crippen LogP) is 2.73. The van der Waals surface area contributed by atoms with Crippen LogP contribution >= 0.6 is 0 Å². The maximum atomic E-state index is 13.7. The first kappa shape index (κ1) is 17.7. The number of methoxy groups -OCH3 is 1. The van der Waals surface area contributed by atoms with Crippen LogP contribution in [0.1, 0.15) is 6.92 Å². The number of amides is 1. The van der Waals surface area contributed by atoms with Gasteiger partial charge in [0.2, 0.25) is 5.91 Å². The minimum Gasteiger partial charge on any atom is -0.495 e. The van der Waals surface area contributed by atoms with Crippen LogP contribution in [-0.4, -0.2) is 21.4 Å². The molecule has 0 saturated carbocycles. The van der Waals surface area contributed by atoms with E-state index < -0.39 is 26.6 Å². The summed E-state index contributed by atoms with van der Waals surface area (Å²) in [5, 5.41) is 2.47. The molecule has 2 aromatic carbocycles. The summed E-state index contributed by atoms with van der Waals surface area (Å²) in [6.45, 7) is 1.28. The van der Waals surface area contributed by atoms with E-state index in [1.807, 2.05) is 0 Å². The Morgan fingerprint density at radius 2 is 1.75 bits per heavy atom. The van der Waals surface area contributed by atoms with Crippen LogP contribution in [0.2, 0.25) is 0 Å². The molecule has 0 atom stereocenters. The van der Waals surface area contributed by atoms with Crippen LogP contribution in [-0.2, 0) is 14.8 Å². The predicted molar refractivity (Wildman–Crippen MR) is 84.5 cm³/mol. The van der Waals surface area contributed by atoms with Crippen LogP contribution in [0.25, 0.3) is 0 Å². The van der Waals surface area contributed by atoms with Crippen molar-refractivity contribution in [2.45, 2.75) is 11.8 Å². The number of carbonyl (C=O) groups excluding carboxylic acids is 1. The Hall–Kier alpha value is -2.68. The molecule has 0 unspecified atom stereocenters. The molecular formula is C15H14F2N2O4S. The molecular weight excluding hydrogens is 342 g/mol. The van der Waals surface area contributed by atoms with Crippen LogP contribution in [0.4, 0.5) is 20.2 Å². The van der Waals surface area contributed by atoms with E-state index in [-0.39, 0.29) is 23.0 Å². The molecule has 0 bridgehead atoms. The van der Waals surface area contributed by atoms with Gasteiger partial charge in [-0.15, -0.1) is 0 Å². The molecule has 0 aliphatic rings. The van der Waals surface area contributed by atoms with E-state index in [4.69, 9.17) is 4.74 Å². The smallest absolute Gasteiger partial charge is 0.267 e. The van der Waals surface area contributed by atoms with Gasteiger partial charge in [0.05, 0.1) is 12.8 Å². The molecule has 6 nitrogen and oxygen atoms in total. The first-order chi connectivity index (χ1) is 11.2. The largest absolute Gasteiger partial charge is 0.495 e. The van der Waals surface area contributed by atoms with E-state index in [2.05, 4.69) is 10.0 Å². The number of anilines is 2. The molecule has 0 aliphatic heterocycles. The zero-order valence-electron chi connectivity index (χ0n) is 12.8. The standard InChI is InChI=1S/C15H14F2N2O4S/c1-9(20)18-10-6-7-14(23-2)13(8-10)19-24(21,22)15-11(16)4-3-5-12(15)17/h3-8,19H,1-2H3,(H,18,20). The van der Waals surface area contributed by atoms with Gasteiger partial charge in [0, 0.05) is 12.6 Å². The highest BCUT2D eigenvalue weighted by Crippen LogP contribution is 2.31. The van der Waals surface area contributed by atoms with Crippen LogP contribution in [0.15, 0.2) is 41.3 Å². The third-order valence-corrected chi connectivity index (χ3v) is 4.37. The second-order valence-corrected chi connectivity index (χ2v) is 6.37. The van der Waals surface area contributed by atoms with Crippen molar-refractivity contribution in [3.8, 4) is 5.75 Å². The first-order valence-corrected chi connectivity index (χ1v) is 8.15. The molecule has 0 heterocycles. The zero-order chi connectivity index (χ0) is 17.9. The van der Waals surface area contributed by atoms with E-state index in [0.717, 1.165) is 18.2 Å². The zero-order valence-corrected chi connectivity index (χ0v) is 13.6. The first-order valence-electron chi connectivity index (χ1n) is 6.67. The molecule has 2 N–H and O–H groups in total. The van der Waals surface area contributed by atoms with Crippen molar-refractivity contribution in [2.75, 3.05) is 17.1 Å². The fraction of sp³-hybridized carbons (Fsp3) is 0.133. The third-order valence-electron chi connectivity index (χ3n) is 2.95. The van der Waals surface area contributed by atoms with E-state index in [0.29, 0.717) is 0 Å². The van der Waals surface area contributed by atoms with Gasteiger partial charge in [-0.2, -0.15) is 0 Å². The fourth-order valence-electron chi connectivity index (χ4n) is 2.00. The monoisotopic (exact) mass is 356 g/mol. The number of ether oxygens (including phenoxy) is 1. The topological polar surface area (TPSA) is 84.5 Å². The SMILES string of the molecule is COc1ccc(NC(C)=O)cc1NS(=O)(=O)c1c(F)cccc1F. The lowest BCUT2D eigenvalue weighted by molar-refractivity contribution is -0.114. The van der Waals surface area contributed by atoms with E-state index in [1.54, 1.807) is 0 Å². The van der Waals surface area contributed by atoms with Gasteiger partial charge in [0.25, 0.3) is 10.0 Å². The van der Waals surface area contributed by atoms with Crippen molar-refractivity contribution in [1.82, 2.24) is 0 Å². The van der Waals surface area contributed by atoms with Gasteiger partial charge in [0.15, 0.2) is 4.90 Å². The van der Waals surface area contributed by atoms with Gasteiger partial charge in [-0.1, -0.05) is 6.07 Å². The van der Waals surface area contributed by atoms with Crippen LogP contribution < -0.4 is 14.8 Å².